The average molecular weight is 978 g/mol. The molecule has 1 aromatic carbocycles. The van der Waals surface area contributed by atoms with Crippen molar-refractivity contribution in [3.05, 3.63) is 69.7 Å². The van der Waals surface area contributed by atoms with E-state index in [4.69, 9.17) is 18.7 Å². The number of fused-ring (bicyclic) bond motifs is 5. The van der Waals surface area contributed by atoms with Crippen LogP contribution in [0.3, 0.4) is 0 Å². The van der Waals surface area contributed by atoms with Gasteiger partial charge >= 0.3 is 0 Å². The summed E-state index contributed by atoms with van der Waals surface area (Å²) in [5, 5.41) is 6.66. The lowest BCUT2D eigenvalue weighted by Gasteiger charge is -2.31. The molecule has 0 fully saturated rings. The third-order valence-electron chi connectivity index (χ3n) is 14.5. The average Bonchev–Trinajstić information content (AvgIpc) is 4.20. The van der Waals surface area contributed by atoms with Crippen LogP contribution in [-0.2, 0) is 5.41 Å². The van der Waals surface area contributed by atoms with Gasteiger partial charge in [-0.15, -0.1) is 45.3 Å². The van der Waals surface area contributed by atoms with Gasteiger partial charge in [-0.05, 0) is 70.4 Å². The SMILES string of the molecule is CCCCCCCCCCCCCCCCC1(CCCCCCCCCCCCCCCC)c2ccsc2-c2sc(-c3c4nsnc4cc4nc(-c5cccs5)c(-c5cccs5)nc34)cc21. The molecule has 354 valence electrons. The molecular formula is C57H76N4S5. The largest absolute Gasteiger partial charge is 0.243 e. The summed E-state index contributed by atoms with van der Waals surface area (Å²) in [5.74, 6) is 0. The second-order valence-corrected chi connectivity index (χ2v) is 23.8. The van der Waals surface area contributed by atoms with E-state index in [1.54, 1.807) is 33.8 Å². The Bertz CT molecular complexity index is 2420. The summed E-state index contributed by atoms with van der Waals surface area (Å²) in [4.78, 5) is 17.5. The fraction of sp³-hybridized carbons (Fsp3) is 0.579. The first-order valence-electron chi connectivity index (χ1n) is 26.5. The Morgan fingerprint density at radius 2 is 0.924 bits per heavy atom. The summed E-state index contributed by atoms with van der Waals surface area (Å²) in [6, 6.07) is 15.8. The van der Waals surface area contributed by atoms with Crippen molar-refractivity contribution >= 4 is 79.1 Å². The highest BCUT2D eigenvalue weighted by atomic mass is 32.1. The van der Waals surface area contributed by atoms with Crippen LogP contribution in [0.2, 0.25) is 0 Å². The van der Waals surface area contributed by atoms with E-state index >= 15 is 0 Å². The zero-order valence-electron chi connectivity index (χ0n) is 40.3. The van der Waals surface area contributed by atoms with Gasteiger partial charge in [-0.2, -0.15) is 8.75 Å². The number of unbranched alkanes of at least 4 members (excludes halogenated alkanes) is 26. The van der Waals surface area contributed by atoms with E-state index in [0.717, 1.165) is 48.8 Å². The maximum atomic E-state index is 5.57. The molecule has 0 atom stereocenters. The van der Waals surface area contributed by atoms with E-state index in [1.165, 1.54) is 219 Å². The normalized spacial score (nSPS) is 13.1. The first-order chi connectivity index (χ1) is 32.7. The van der Waals surface area contributed by atoms with Crippen LogP contribution in [0.5, 0.6) is 0 Å². The van der Waals surface area contributed by atoms with Crippen molar-refractivity contribution < 1.29 is 0 Å². The van der Waals surface area contributed by atoms with Gasteiger partial charge in [-0.1, -0.05) is 206 Å². The van der Waals surface area contributed by atoms with Crippen LogP contribution >= 0.6 is 57.1 Å². The highest BCUT2D eigenvalue weighted by Crippen LogP contribution is 2.60. The monoisotopic (exact) mass is 976 g/mol. The molecule has 7 aromatic rings. The standard InChI is InChI=1S/C57H76N4S5/c1-3-5-7-9-11-13-15-17-19-21-23-25-27-29-36-57(37-30-28-26-24-22-20-18-16-14-12-10-8-6-4-2)43-35-40-64-55(43)56-44(57)41-49(65-56)50-51-45(42-46-52(50)61-66-60-46)58-53(47-33-31-38-62-47)54(59-51)48-34-32-39-63-48/h31-35,38-42H,3-30,36-37H2,1-2H3. The minimum Gasteiger partial charge on any atom is -0.243 e. The number of hydrogen-bond acceptors (Lipinski definition) is 9. The number of thiophene rings is 4. The summed E-state index contributed by atoms with van der Waals surface area (Å²) in [6.45, 7) is 4.63. The zero-order chi connectivity index (χ0) is 45.2. The van der Waals surface area contributed by atoms with Crippen LogP contribution < -0.4 is 0 Å². The van der Waals surface area contributed by atoms with Gasteiger partial charge in [0.2, 0.25) is 0 Å². The minimum absolute atomic E-state index is 0.0673. The summed E-state index contributed by atoms with van der Waals surface area (Å²) >= 11 is 8.70. The lowest BCUT2D eigenvalue weighted by atomic mass is 9.71. The quantitative estimate of drug-likeness (QED) is 0.0385. The molecule has 0 unspecified atom stereocenters. The van der Waals surface area contributed by atoms with Crippen LogP contribution in [-0.4, -0.2) is 18.7 Å². The van der Waals surface area contributed by atoms with Crippen LogP contribution in [0.25, 0.3) is 63.4 Å². The summed E-state index contributed by atoms with van der Waals surface area (Å²) in [6.07, 6.45) is 41.7. The molecule has 1 aliphatic carbocycles. The van der Waals surface area contributed by atoms with E-state index in [0.29, 0.717) is 0 Å². The van der Waals surface area contributed by atoms with Crippen molar-refractivity contribution in [1.29, 1.82) is 0 Å². The molecule has 6 aromatic heterocycles. The predicted molar refractivity (Wildman–Crippen MR) is 294 cm³/mol. The lowest BCUT2D eigenvalue weighted by Crippen LogP contribution is -2.24. The van der Waals surface area contributed by atoms with Gasteiger partial charge in [0.1, 0.15) is 27.9 Å². The fourth-order valence-corrected chi connectivity index (χ4v) is 15.2. The number of hydrogen-bond donors (Lipinski definition) is 0. The Morgan fingerprint density at radius 1 is 0.424 bits per heavy atom. The second kappa shape index (κ2) is 26.2. The van der Waals surface area contributed by atoms with Gasteiger partial charge in [0, 0.05) is 25.6 Å². The molecule has 0 N–H and O–H groups in total. The van der Waals surface area contributed by atoms with Gasteiger partial charge in [0.05, 0.1) is 27.0 Å². The topological polar surface area (TPSA) is 51.6 Å². The second-order valence-electron chi connectivity index (χ2n) is 19.4. The van der Waals surface area contributed by atoms with Crippen molar-refractivity contribution in [2.45, 2.75) is 212 Å². The smallest absolute Gasteiger partial charge is 0.115 e. The van der Waals surface area contributed by atoms with E-state index in [9.17, 15) is 0 Å². The van der Waals surface area contributed by atoms with Crippen molar-refractivity contribution in [3.63, 3.8) is 0 Å². The van der Waals surface area contributed by atoms with Crippen LogP contribution in [0.1, 0.15) is 218 Å². The summed E-state index contributed by atoms with van der Waals surface area (Å²) < 4.78 is 9.80. The Labute approximate surface area is 417 Å². The molecule has 0 bridgehead atoms. The molecule has 9 heteroatoms. The molecule has 6 heterocycles. The van der Waals surface area contributed by atoms with E-state index < -0.39 is 0 Å². The Balaban J connectivity index is 0.986. The van der Waals surface area contributed by atoms with Crippen molar-refractivity contribution in [3.8, 4) is 41.3 Å². The van der Waals surface area contributed by atoms with Gasteiger partial charge in [0.25, 0.3) is 0 Å². The maximum Gasteiger partial charge on any atom is 0.115 e. The van der Waals surface area contributed by atoms with Gasteiger partial charge in [0.15, 0.2) is 0 Å². The van der Waals surface area contributed by atoms with Crippen LogP contribution in [0, 0.1) is 0 Å². The first kappa shape index (κ1) is 49.6. The molecule has 4 nitrogen and oxygen atoms in total. The molecular weight excluding hydrogens is 901 g/mol. The Morgan fingerprint density at radius 3 is 1.42 bits per heavy atom. The zero-order valence-corrected chi connectivity index (χ0v) is 44.4. The van der Waals surface area contributed by atoms with Gasteiger partial charge in [-0.25, -0.2) is 9.97 Å². The van der Waals surface area contributed by atoms with Crippen molar-refractivity contribution in [2.75, 3.05) is 0 Å². The molecule has 66 heavy (non-hydrogen) atoms. The van der Waals surface area contributed by atoms with Gasteiger partial charge < -0.3 is 0 Å². The third-order valence-corrected chi connectivity index (χ3v) is 19.0. The number of rotatable bonds is 33. The minimum atomic E-state index is 0.0673. The third kappa shape index (κ3) is 12.5. The summed E-state index contributed by atoms with van der Waals surface area (Å²) in [5.41, 5.74) is 9.98. The fourth-order valence-electron chi connectivity index (χ4n) is 10.8. The van der Waals surface area contributed by atoms with Crippen LogP contribution in [0.15, 0.2) is 58.6 Å². The molecule has 0 aliphatic heterocycles. The lowest BCUT2D eigenvalue weighted by molar-refractivity contribution is 0.397. The van der Waals surface area contributed by atoms with Crippen LogP contribution in [0.4, 0.5) is 0 Å². The van der Waals surface area contributed by atoms with Crippen molar-refractivity contribution in [1.82, 2.24) is 18.7 Å². The highest BCUT2D eigenvalue weighted by Gasteiger charge is 2.45. The number of benzene rings is 1. The molecule has 0 saturated carbocycles. The molecule has 8 rings (SSSR count). The van der Waals surface area contributed by atoms with E-state index in [-0.39, 0.29) is 5.41 Å². The molecule has 1 aliphatic rings. The number of nitrogens with zero attached hydrogens (tertiary/aromatic N) is 4. The molecule has 0 radical (unpaired) electrons. The molecule has 0 amide bonds. The van der Waals surface area contributed by atoms with Gasteiger partial charge in [-0.3, -0.25) is 0 Å². The molecule has 0 spiro atoms. The maximum absolute atomic E-state index is 5.57. The van der Waals surface area contributed by atoms with Crippen molar-refractivity contribution in [2.24, 2.45) is 0 Å². The Hall–Kier alpha value is -2.82. The predicted octanol–water partition coefficient (Wildman–Crippen LogP) is 20.9. The number of aromatic nitrogens is 4. The summed E-state index contributed by atoms with van der Waals surface area (Å²) in [7, 11) is 0. The van der Waals surface area contributed by atoms with E-state index in [1.807, 2.05) is 22.7 Å². The Kier molecular flexibility index (Phi) is 19.7. The van der Waals surface area contributed by atoms with E-state index in [2.05, 4.69) is 72.5 Å². The first-order valence-corrected chi connectivity index (χ1v) is 30.7. The highest BCUT2D eigenvalue weighted by molar-refractivity contribution is 7.24. The molecule has 0 saturated heterocycles.